The van der Waals surface area contributed by atoms with E-state index in [0.29, 0.717) is 11.9 Å². The lowest BCUT2D eigenvalue weighted by Gasteiger charge is -2.36. The molecule has 2 aliphatic rings. The third kappa shape index (κ3) is 3.44. The van der Waals surface area contributed by atoms with Gasteiger partial charge in [-0.15, -0.1) is 0 Å². The van der Waals surface area contributed by atoms with Crippen LogP contribution in [0.3, 0.4) is 0 Å². The van der Waals surface area contributed by atoms with Crippen LogP contribution < -0.4 is 5.32 Å². The Bertz CT molecular complexity index is 533. The first kappa shape index (κ1) is 16.5. The highest BCUT2D eigenvalue weighted by atomic mass is 16.2. The summed E-state index contributed by atoms with van der Waals surface area (Å²) in [6.45, 7) is 3.94. The third-order valence-corrected chi connectivity index (χ3v) is 5.97. The highest BCUT2D eigenvalue weighted by Gasteiger charge is 2.38. The Balaban J connectivity index is 1.64. The molecule has 0 spiro atoms. The number of rotatable bonds is 4. The second-order valence-electron chi connectivity index (χ2n) is 7.35. The van der Waals surface area contributed by atoms with Gasteiger partial charge < -0.3 is 10.2 Å². The Morgan fingerprint density at radius 3 is 2.70 bits per heavy atom. The summed E-state index contributed by atoms with van der Waals surface area (Å²) in [6.07, 6.45) is 10.1. The summed E-state index contributed by atoms with van der Waals surface area (Å²) < 4.78 is 1.82. The molecular weight excluding hydrogens is 288 g/mol. The Morgan fingerprint density at radius 1 is 1.35 bits per heavy atom. The quantitative estimate of drug-likeness (QED) is 0.925. The van der Waals surface area contributed by atoms with E-state index >= 15 is 0 Å². The van der Waals surface area contributed by atoms with Crippen LogP contribution in [0.4, 0.5) is 0 Å². The fourth-order valence-electron chi connectivity index (χ4n) is 4.30. The first-order valence-corrected chi connectivity index (χ1v) is 9.06. The largest absolute Gasteiger partial charge is 0.342 e. The number of nitrogens with zero attached hydrogens (tertiary/aromatic N) is 3. The molecule has 128 valence electrons. The normalized spacial score (nSPS) is 31.3. The molecule has 0 bridgehead atoms. The zero-order chi connectivity index (χ0) is 16.4. The summed E-state index contributed by atoms with van der Waals surface area (Å²) in [6, 6.07) is 0.431. The minimum absolute atomic E-state index is 0.0492. The summed E-state index contributed by atoms with van der Waals surface area (Å²) in [4.78, 5) is 15.1. The maximum absolute atomic E-state index is 13.0. The second kappa shape index (κ2) is 7.04. The van der Waals surface area contributed by atoms with Crippen molar-refractivity contribution < 1.29 is 4.79 Å². The molecule has 1 N–H and O–H groups in total. The van der Waals surface area contributed by atoms with Crippen LogP contribution in [0.5, 0.6) is 0 Å². The lowest BCUT2D eigenvalue weighted by atomic mass is 9.83. The van der Waals surface area contributed by atoms with Gasteiger partial charge in [0, 0.05) is 45.3 Å². The molecule has 0 aromatic carbocycles. The molecule has 2 heterocycles. The van der Waals surface area contributed by atoms with Gasteiger partial charge in [-0.05, 0) is 37.2 Å². The Kier molecular flexibility index (Phi) is 5.05. The van der Waals surface area contributed by atoms with E-state index in [1.165, 1.54) is 37.7 Å². The van der Waals surface area contributed by atoms with Crippen LogP contribution in [0.2, 0.25) is 0 Å². The van der Waals surface area contributed by atoms with Crippen LogP contribution in [-0.4, -0.2) is 46.8 Å². The molecule has 1 aromatic heterocycles. The first-order valence-electron chi connectivity index (χ1n) is 9.06. The van der Waals surface area contributed by atoms with E-state index in [1.807, 2.05) is 36.1 Å². The zero-order valence-corrected chi connectivity index (χ0v) is 14.7. The lowest BCUT2D eigenvalue weighted by Crippen LogP contribution is -2.44. The minimum atomic E-state index is 0.0492. The molecule has 1 aliphatic heterocycles. The number of carbonyl (C=O) groups is 1. The molecule has 5 nitrogen and oxygen atoms in total. The molecule has 1 saturated carbocycles. The molecule has 2 atom stereocenters. The molecule has 3 rings (SSSR count). The summed E-state index contributed by atoms with van der Waals surface area (Å²) in [5, 5.41) is 7.67. The van der Waals surface area contributed by atoms with E-state index in [9.17, 15) is 4.79 Å². The van der Waals surface area contributed by atoms with E-state index in [-0.39, 0.29) is 11.8 Å². The summed E-state index contributed by atoms with van der Waals surface area (Å²) >= 11 is 0. The third-order valence-electron chi connectivity index (χ3n) is 5.97. The summed E-state index contributed by atoms with van der Waals surface area (Å²) in [5.74, 6) is 1.48. The van der Waals surface area contributed by atoms with Gasteiger partial charge in [0.25, 0.3) is 0 Å². The zero-order valence-electron chi connectivity index (χ0n) is 14.7. The van der Waals surface area contributed by atoms with Crippen molar-refractivity contribution in [1.82, 2.24) is 20.0 Å². The van der Waals surface area contributed by atoms with Crippen molar-refractivity contribution in [2.75, 3.05) is 20.1 Å². The van der Waals surface area contributed by atoms with E-state index in [1.54, 1.807) is 0 Å². The minimum Gasteiger partial charge on any atom is -0.342 e. The fraction of sp³-hybridized carbons (Fsp3) is 0.778. The molecule has 1 aromatic rings. The average Bonchev–Trinajstić information content (AvgIpc) is 3.22. The number of carbonyl (C=O) groups excluding carboxylic acids is 1. The SMILES string of the molecule is CCC1CCC(N(C)C(=O)[C@H]2CNC[C@@H]2c2cnn(C)c2)CC1. The standard InChI is InChI=1S/C18H30N4O/c1-4-13-5-7-15(8-6-13)22(3)18(23)17-11-19-10-16(17)14-9-20-21(2)12-14/h9,12-13,15-17,19H,4-8,10-11H2,1-3H3/t13?,15?,16-,17+/m1/s1. The highest BCUT2D eigenvalue weighted by molar-refractivity contribution is 5.80. The number of aryl methyl sites for hydroxylation is 1. The van der Waals surface area contributed by atoms with E-state index in [0.717, 1.165) is 19.0 Å². The molecule has 0 unspecified atom stereocenters. The van der Waals surface area contributed by atoms with Gasteiger partial charge in [0.15, 0.2) is 0 Å². The number of amides is 1. The van der Waals surface area contributed by atoms with Crippen molar-refractivity contribution in [2.24, 2.45) is 18.9 Å². The predicted octanol–water partition coefficient (Wildman–Crippen LogP) is 2.15. The van der Waals surface area contributed by atoms with Crippen molar-refractivity contribution in [2.45, 2.75) is 51.0 Å². The monoisotopic (exact) mass is 318 g/mol. The number of aromatic nitrogens is 2. The Hall–Kier alpha value is -1.36. The smallest absolute Gasteiger partial charge is 0.227 e. The first-order chi connectivity index (χ1) is 11.1. The number of hydrogen-bond acceptors (Lipinski definition) is 3. The number of nitrogens with one attached hydrogen (secondary N) is 1. The van der Waals surface area contributed by atoms with Gasteiger partial charge in [-0.1, -0.05) is 13.3 Å². The summed E-state index contributed by atoms with van der Waals surface area (Å²) in [5.41, 5.74) is 1.18. The van der Waals surface area contributed by atoms with Crippen LogP contribution in [0, 0.1) is 11.8 Å². The summed E-state index contributed by atoms with van der Waals surface area (Å²) in [7, 11) is 3.94. The predicted molar refractivity (Wildman–Crippen MR) is 91.1 cm³/mol. The van der Waals surface area contributed by atoms with Gasteiger partial charge in [0.2, 0.25) is 5.91 Å². The molecule has 23 heavy (non-hydrogen) atoms. The molecule has 5 heteroatoms. The van der Waals surface area contributed by atoms with Gasteiger partial charge in [0.1, 0.15) is 0 Å². The van der Waals surface area contributed by atoms with E-state index in [2.05, 4.69) is 17.3 Å². The van der Waals surface area contributed by atoms with Gasteiger partial charge in [-0.3, -0.25) is 9.48 Å². The fourth-order valence-corrected chi connectivity index (χ4v) is 4.30. The Labute approximate surface area is 139 Å². The van der Waals surface area contributed by atoms with Crippen molar-refractivity contribution in [1.29, 1.82) is 0 Å². The van der Waals surface area contributed by atoms with E-state index < -0.39 is 0 Å². The van der Waals surface area contributed by atoms with Crippen molar-refractivity contribution >= 4 is 5.91 Å². The second-order valence-corrected chi connectivity index (χ2v) is 7.35. The van der Waals surface area contributed by atoms with Gasteiger partial charge in [0.05, 0.1) is 12.1 Å². The van der Waals surface area contributed by atoms with Gasteiger partial charge >= 0.3 is 0 Å². The molecule has 1 saturated heterocycles. The molecular formula is C18H30N4O. The van der Waals surface area contributed by atoms with Crippen molar-refractivity contribution in [3.63, 3.8) is 0 Å². The Morgan fingerprint density at radius 2 is 2.09 bits per heavy atom. The van der Waals surface area contributed by atoms with Crippen LogP contribution in [0.15, 0.2) is 12.4 Å². The van der Waals surface area contributed by atoms with Gasteiger partial charge in [-0.25, -0.2) is 0 Å². The van der Waals surface area contributed by atoms with Crippen LogP contribution in [0.1, 0.15) is 50.5 Å². The average molecular weight is 318 g/mol. The van der Waals surface area contributed by atoms with Crippen LogP contribution >= 0.6 is 0 Å². The maximum Gasteiger partial charge on any atom is 0.227 e. The molecule has 2 fully saturated rings. The molecule has 0 radical (unpaired) electrons. The van der Waals surface area contributed by atoms with Crippen molar-refractivity contribution in [3.05, 3.63) is 18.0 Å². The molecule has 1 amide bonds. The lowest BCUT2D eigenvalue weighted by molar-refractivity contribution is -0.136. The van der Waals surface area contributed by atoms with E-state index in [4.69, 9.17) is 0 Å². The maximum atomic E-state index is 13.0. The number of hydrogen-bond donors (Lipinski definition) is 1. The molecule has 1 aliphatic carbocycles. The topological polar surface area (TPSA) is 50.2 Å². The van der Waals surface area contributed by atoms with Crippen molar-refractivity contribution in [3.8, 4) is 0 Å². The van der Waals surface area contributed by atoms with Crippen LogP contribution in [0.25, 0.3) is 0 Å². The van der Waals surface area contributed by atoms with Crippen LogP contribution in [-0.2, 0) is 11.8 Å². The highest BCUT2D eigenvalue weighted by Crippen LogP contribution is 2.33. The van der Waals surface area contributed by atoms with Gasteiger partial charge in [-0.2, -0.15) is 5.10 Å².